The van der Waals surface area contributed by atoms with Crippen molar-refractivity contribution in [1.29, 1.82) is 0 Å². The molecule has 0 radical (unpaired) electrons. The summed E-state index contributed by atoms with van der Waals surface area (Å²) in [6, 6.07) is 4.78. The van der Waals surface area contributed by atoms with Crippen LogP contribution in [-0.2, 0) is 10.0 Å². The van der Waals surface area contributed by atoms with Gasteiger partial charge in [0.25, 0.3) is 5.91 Å². The largest absolute Gasteiger partial charge is 0.371 e. The first-order valence-electron chi connectivity index (χ1n) is 8.17. The molecule has 0 bridgehead atoms. The number of halogens is 1. The molecule has 25 heavy (non-hydrogen) atoms. The molecular weight excluding hydrogens is 364 g/mol. The zero-order chi connectivity index (χ0) is 17.7. The molecule has 142 valence electrons. The first-order chi connectivity index (χ1) is 11.4. The van der Waals surface area contributed by atoms with E-state index in [1.54, 1.807) is 12.1 Å². The summed E-state index contributed by atoms with van der Waals surface area (Å²) >= 11 is 0. The Morgan fingerprint density at radius 2 is 1.92 bits per heavy atom. The zero-order valence-corrected chi connectivity index (χ0v) is 16.3. The lowest BCUT2D eigenvalue weighted by Gasteiger charge is -2.22. The zero-order valence-electron chi connectivity index (χ0n) is 14.7. The lowest BCUT2D eigenvalue weighted by atomic mass is 10.1. The summed E-state index contributed by atoms with van der Waals surface area (Å²) in [5.41, 5.74) is 6.64. The van der Waals surface area contributed by atoms with Gasteiger partial charge in [0.15, 0.2) is 0 Å². The molecule has 1 aliphatic heterocycles. The molecule has 1 aromatic carbocycles. The third-order valence-corrected chi connectivity index (χ3v) is 5.92. The highest BCUT2D eigenvalue weighted by Crippen LogP contribution is 2.28. The number of carbonyl (C=O) groups excluding carboxylic acids is 1. The van der Waals surface area contributed by atoms with Crippen molar-refractivity contribution in [3.05, 3.63) is 23.8 Å². The van der Waals surface area contributed by atoms with Crippen LogP contribution >= 0.6 is 12.4 Å². The number of sulfonamides is 1. The molecule has 1 saturated heterocycles. The van der Waals surface area contributed by atoms with Crippen molar-refractivity contribution in [3.8, 4) is 0 Å². The smallest absolute Gasteiger partial charge is 0.253 e. The molecule has 0 saturated carbocycles. The average molecular weight is 391 g/mol. The fourth-order valence-corrected chi connectivity index (χ4v) is 3.63. The number of amides is 1. The Hall–Kier alpha value is -1.35. The van der Waals surface area contributed by atoms with Gasteiger partial charge in [0.1, 0.15) is 0 Å². The van der Waals surface area contributed by atoms with Crippen LogP contribution < -0.4 is 16.0 Å². The number of nitrogens with zero attached hydrogens (tertiary/aromatic N) is 2. The molecule has 0 atom stereocenters. The summed E-state index contributed by atoms with van der Waals surface area (Å²) in [5, 5.41) is 2.82. The highest BCUT2D eigenvalue weighted by Gasteiger charge is 2.24. The highest BCUT2D eigenvalue weighted by molar-refractivity contribution is 7.89. The van der Waals surface area contributed by atoms with E-state index in [2.05, 4.69) is 10.2 Å². The van der Waals surface area contributed by atoms with E-state index in [-0.39, 0.29) is 23.2 Å². The topological polar surface area (TPSA) is 95.7 Å². The lowest BCUT2D eigenvalue weighted by Crippen LogP contribution is -2.30. The van der Waals surface area contributed by atoms with Crippen molar-refractivity contribution >= 4 is 34.0 Å². The van der Waals surface area contributed by atoms with Crippen LogP contribution in [0.25, 0.3) is 0 Å². The third-order valence-electron chi connectivity index (χ3n) is 4.10. The van der Waals surface area contributed by atoms with Gasteiger partial charge >= 0.3 is 0 Å². The number of hydrogen-bond donors (Lipinski definition) is 2. The molecule has 0 aliphatic carbocycles. The third kappa shape index (κ3) is 5.07. The van der Waals surface area contributed by atoms with E-state index in [4.69, 9.17) is 5.73 Å². The maximum Gasteiger partial charge on any atom is 0.253 e. The predicted octanol–water partition coefficient (Wildman–Crippen LogP) is 1.04. The van der Waals surface area contributed by atoms with Crippen molar-refractivity contribution in [2.24, 2.45) is 5.73 Å². The van der Waals surface area contributed by atoms with Gasteiger partial charge in [0.2, 0.25) is 10.0 Å². The Balaban J connectivity index is 0.00000312. The van der Waals surface area contributed by atoms with E-state index in [0.717, 1.165) is 35.9 Å². The number of anilines is 1. The van der Waals surface area contributed by atoms with Crippen LogP contribution in [0.2, 0.25) is 0 Å². The van der Waals surface area contributed by atoms with Crippen LogP contribution in [0.15, 0.2) is 23.1 Å². The minimum absolute atomic E-state index is 0. The van der Waals surface area contributed by atoms with E-state index in [1.807, 2.05) is 0 Å². The van der Waals surface area contributed by atoms with Crippen molar-refractivity contribution < 1.29 is 13.2 Å². The minimum atomic E-state index is -3.58. The Labute approximate surface area is 156 Å². The van der Waals surface area contributed by atoms with Crippen molar-refractivity contribution in [3.63, 3.8) is 0 Å². The normalized spacial score (nSPS) is 14.5. The van der Waals surface area contributed by atoms with Crippen LogP contribution in [0, 0.1) is 0 Å². The van der Waals surface area contributed by atoms with Crippen molar-refractivity contribution in [2.75, 3.05) is 45.2 Å². The van der Waals surface area contributed by atoms with Crippen LogP contribution in [-0.4, -0.2) is 58.9 Å². The molecule has 0 unspecified atom stereocenters. The van der Waals surface area contributed by atoms with Gasteiger partial charge in [-0.3, -0.25) is 4.79 Å². The summed E-state index contributed by atoms with van der Waals surface area (Å²) in [5.74, 6) is -0.263. The van der Waals surface area contributed by atoms with E-state index >= 15 is 0 Å². The SMILES string of the molecule is CN(C)S(=O)(=O)c1ccc(N2CCCC2)c(C(=O)NCCCN)c1.Cl. The molecular formula is C16H27ClN4O3S. The van der Waals surface area contributed by atoms with Gasteiger partial charge in [-0.25, -0.2) is 12.7 Å². The monoisotopic (exact) mass is 390 g/mol. The van der Waals surface area contributed by atoms with E-state index in [1.165, 1.54) is 20.2 Å². The number of rotatable bonds is 7. The van der Waals surface area contributed by atoms with Crippen molar-refractivity contribution in [2.45, 2.75) is 24.2 Å². The van der Waals surface area contributed by atoms with Crippen molar-refractivity contribution in [1.82, 2.24) is 9.62 Å². The number of nitrogens with one attached hydrogen (secondary N) is 1. The van der Waals surface area contributed by atoms with E-state index < -0.39 is 10.0 Å². The highest BCUT2D eigenvalue weighted by atomic mass is 35.5. The van der Waals surface area contributed by atoms with Gasteiger partial charge < -0.3 is 16.0 Å². The summed E-state index contributed by atoms with van der Waals surface area (Å²) in [6.07, 6.45) is 2.83. The number of carbonyl (C=O) groups is 1. The van der Waals surface area contributed by atoms with E-state index in [9.17, 15) is 13.2 Å². The molecule has 9 heteroatoms. The second kappa shape index (κ2) is 9.38. The minimum Gasteiger partial charge on any atom is -0.371 e. The van der Waals surface area contributed by atoms with Crippen LogP contribution in [0.1, 0.15) is 29.6 Å². The Morgan fingerprint density at radius 3 is 2.48 bits per heavy atom. The van der Waals surface area contributed by atoms with Gasteiger partial charge in [-0.2, -0.15) is 0 Å². The predicted molar refractivity (Wildman–Crippen MR) is 102 cm³/mol. The average Bonchev–Trinajstić information content (AvgIpc) is 3.08. The summed E-state index contributed by atoms with van der Waals surface area (Å²) in [4.78, 5) is 14.8. The van der Waals surface area contributed by atoms with Gasteiger partial charge in [-0.1, -0.05) is 0 Å². The van der Waals surface area contributed by atoms with Gasteiger partial charge in [-0.15, -0.1) is 12.4 Å². The first kappa shape index (κ1) is 21.7. The summed E-state index contributed by atoms with van der Waals surface area (Å²) in [7, 11) is -0.630. The molecule has 7 nitrogen and oxygen atoms in total. The standard InChI is InChI=1S/C16H26N4O3S.ClH/c1-19(2)24(22,23)13-6-7-15(20-10-3-4-11-20)14(12-13)16(21)18-9-5-8-17;/h6-7,12H,3-5,8-11,17H2,1-2H3,(H,18,21);1H. The van der Waals surface area contributed by atoms with Crippen LogP contribution in [0.5, 0.6) is 0 Å². The van der Waals surface area contributed by atoms with Gasteiger partial charge in [0, 0.05) is 39.4 Å². The lowest BCUT2D eigenvalue weighted by molar-refractivity contribution is 0.0954. The molecule has 0 aromatic heterocycles. The number of benzene rings is 1. The van der Waals surface area contributed by atoms with Crippen LogP contribution in [0.3, 0.4) is 0 Å². The molecule has 2 rings (SSSR count). The summed E-state index contributed by atoms with van der Waals surface area (Å²) < 4.78 is 25.9. The number of hydrogen-bond acceptors (Lipinski definition) is 5. The van der Waals surface area contributed by atoms with Crippen LogP contribution in [0.4, 0.5) is 5.69 Å². The first-order valence-corrected chi connectivity index (χ1v) is 9.61. The van der Waals surface area contributed by atoms with E-state index in [0.29, 0.717) is 25.1 Å². The molecule has 3 N–H and O–H groups in total. The number of nitrogens with two attached hydrogens (primary N) is 1. The Kier molecular flexibility index (Phi) is 8.14. The molecule has 1 fully saturated rings. The Bertz CT molecular complexity index is 689. The molecule has 1 amide bonds. The molecule has 1 heterocycles. The second-order valence-corrected chi connectivity index (χ2v) is 8.21. The molecule has 0 spiro atoms. The Morgan fingerprint density at radius 1 is 1.28 bits per heavy atom. The maximum atomic E-state index is 12.6. The second-order valence-electron chi connectivity index (χ2n) is 6.06. The fraction of sp³-hybridized carbons (Fsp3) is 0.562. The van der Waals surface area contributed by atoms with Gasteiger partial charge in [0.05, 0.1) is 10.5 Å². The maximum absolute atomic E-state index is 12.6. The fourth-order valence-electron chi connectivity index (χ4n) is 2.70. The summed E-state index contributed by atoms with van der Waals surface area (Å²) in [6.45, 7) is 2.72. The van der Waals surface area contributed by atoms with Gasteiger partial charge in [-0.05, 0) is 44.0 Å². The molecule has 1 aromatic rings. The quantitative estimate of drug-likeness (QED) is 0.678. The molecule has 1 aliphatic rings.